The summed E-state index contributed by atoms with van der Waals surface area (Å²) in [6.45, 7) is 0. The van der Waals surface area contributed by atoms with E-state index < -0.39 is 11.9 Å². The van der Waals surface area contributed by atoms with Gasteiger partial charge in [0.2, 0.25) is 0 Å². The number of carbonyl (C=O) groups excluding carboxylic acids is 2. The lowest BCUT2D eigenvalue weighted by Gasteiger charge is -2.23. The molecule has 1 aliphatic heterocycles. The lowest BCUT2D eigenvalue weighted by molar-refractivity contribution is -0.139. The van der Waals surface area contributed by atoms with Gasteiger partial charge in [-0.3, -0.25) is 0 Å². The molecule has 1 aliphatic rings. The number of halogens is 3. The van der Waals surface area contributed by atoms with Crippen LogP contribution in [0, 0.1) is 0 Å². The highest BCUT2D eigenvalue weighted by Gasteiger charge is 2.27. The Hall–Kier alpha value is -2.21. The number of esters is 2. The number of ether oxygens (including phenoxy) is 2. The molecule has 136 valence electrons. The van der Waals surface area contributed by atoms with Gasteiger partial charge in [0.15, 0.2) is 0 Å². The number of anilines is 1. The monoisotopic (exact) mass is 413 g/mol. The summed E-state index contributed by atoms with van der Waals surface area (Å²) in [6, 6.07) is 6.81. The molecule has 0 radical (unpaired) electrons. The van der Waals surface area contributed by atoms with Crippen molar-refractivity contribution >= 4 is 57.5 Å². The Bertz CT molecular complexity index is 852. The number of nitrogens with zero attached hydrogens (tertiary/aromatic N) is 1. The van der Waals surface area contributed by atoms with Crippen LogP contribution in [0.3, 0.4) is 0 Å². The zero-order valence-corrected chi connectivity index (χ0v) is 16.1. The molecule has 0 N–H and O–H groups in total. The maximum absolute atomic E-state index is 12.4. The van der Waals surface area contributed by atoms with E-state index >= 15 is 0 Å². The Balaban J connectivity index is 2.66. The van der Waals surface area contributed by atoms with Crippen molar-refractivity contribution < 1.29 is 19.1 Å². The molecule has 0 fully saturated rings. The molecule has 5 nitrogen and oxygen atoms in total. The molecule has 1 aromatic carbocycles. The molecule has 2 rings (SSSR count). The molecule has 0 amide bonds. The molecule has 1 heterocycles. The normalized spacial score (nSPS) is 13.3. The van der Waals surface area contributed by atoms with Gasteiger partial charge < -0.3 is 14.4 Å². The van der Waals surface area contributed by atoms with E-state index in [-0.39, 0.29) is 20.8 Å². The van der Waals surface area contributed by atoms with Crippen LogP contribution in [0.2, 0.25) is 0 Å². The number of hydrogen-bond donors (Lipinski definition) is 0. The first-order valence-corrected chi connectivity index (χ1v) is 8.40. The van der Waals surface area contributed by atoms with E-state index in [1.807, 2.05) is 0 Å². The van der Waals surface area contributed by atoms with E-state index in [4.69, 9.17) is 44.3 Å². The van der Waals surface area contributed by atoms with E-state index in [9.17, 15) is 9.59 Å². The summed E-state index contributed by atoms with van der Waals surface area (Å²) in [5.74, 6) is -1.38. The highest BCUT2D eigenvalue weighted by molar-refractivity contribution is 6.66. The fourth-order valence-corrected chi connectivity index (χ4v) is 2.60. The van der Waals surface area contributed by atoms with Gasteiger partial charge in [-0.25, -0.2) is 9.59 Å². The lowest BCUT2D eigenvalue weighted by atomic mass is 10.1. The third-order valence-corrected chi connectivity index (χ3v) is 4.41. The first-order valence-electron chi connectivity index (χ1n) is 7.27. The van der Waals surface area contributed by atoms with Crippen LogP contribution < -0.4 is 4.90 Å². The Kier molecular flexibility index (Phi) is 6.91. The van der Waals surface area contributed by atoms with E-state index in [0.717, 1.165) is 0 Å². The molecule has 0 unspecified atom stereocenters. The smallest absolute Gasteiger partial charge is 0.355 e. The zero-order valence-electron chi connectivity index (χ0n) is 13.8. The predicted octanol–water partition coefficient (Wildman–Crippen LogP) is 4.52. The maximum Gasteiger partial charge on any atom is 0.355 e. The molecule has 26 heavy (non-hydrogen) atoms. The first kappa shape index (κ1) is 20.1. The minimum absolute atomic E-state index is 0.00132. The fourth-order valence-electron chi connectivity index (χ4n) is 2.27. The zero-order chi connectivity index (χ0) is 19.3. The Labute approximate surface area is 165 Å². The van der Waals surface area contributed by atoms with Crippen molar-refractivity contribution in [2.24, 2.45) is 0 Å². The van der Waals surface area contributed by atoms with E-state index in [2.05, 4.69) is 0 Å². The van der Waals surface area contributed by atoms with Gasteiger partial charge in [-0.15, -0.1) is 0 Å². The van der Waals surface area contributed by atoms with Crippen LogP contribution in [0.25, 0.3) is 5.03 Å². The molecule has 0 aromatic heterocycles. The fraction of sp³-hybridized carbons (Fsp3) is 0.111. The number of allylic oxidation sites excluding steroid dienone is 2. The standard InChI is InChI=1S/C18H14Cl3NO4/c1-25-17(23)13-8-3-4-9-22(15(13)18(24)26-2)12-7-5-6-11(10-12)14(19)16(20)21/h3-10H,1-2H3. The van der Waals surface area contributed by atoms with Crippen LogP contribution in [-0.2, 0) is 19.1 Å². The summed E-state index contributed by atoms with van der Waals surface area (Å²) in [5, 5.41) is 0.156. The minimum Gasteiger partial charge on any atom is -0.465 e. The van der Waals surface area contributed by atoms with Gasteiger partial charge in [0, 0.05) is 11.9 Å². The Morgan fingerprint density at radius 2 is 1.69 bits per heavy atom. The molecule has 0 atom stereocenters. The quantitative estimate of drug-likeness (QED) is 0.678. The molecule has 1 aromatic rings. The topological polar surface area (TPSA) is 55.8 Å². The van der Waals surface area contributed by atoms with Crippen molar-refractivity contribution in [3.63, 3.8) is 0 Å². The number of methoxy groups -OCH3 is 2. The van der Waals surface area contributed by atoms with Gasteiger partial charge in [0.1, 0.15) is 10.2 Å². The average Bonchev–Trinajstić information content (AvgIpc) is 2.89. The average molecular weight is 415 g/mol. The second kappa shape index (κ2) is 8.94. The molecule has 0 aliphatic carbocycles. The van der Waals surface area contributed by atoms with Crippen LogP contribution in [0.4, 0.5) is 5.69 Å². The summed E-state index contributed by atoms with van der Waals surface area (Å²) >= 11 is 17.6. The Morgan fingerprint density at radius 1 is 1.00 bits per heavy atom. The van der Waals surface area contributed by atoms with Gasteiger partial charge in [-0.1, -0.05) is 53.0 Å². The lowest BCUT2D eigenvalue weighted by Crippen LogP contribution is -2.27. The van der Waals surface area contributed by atoms with Gasteiger partial charge in [-0.2, -0.15) is 0 Å². The predicted molar refractivity (Wildman–Crippen MR) is 103 cm³/mol. The van der Waals surface area contributed by atoms with Crippen LogP contribution in [0.5, 0.6) is 0 Å². The highest BCUT2D eigenvalue weighted by Crippen LogP contribution is 2.32. The summed E-state index contributed by atoms with van der Waals surface area (Å²) in [5.41, 5.74) is 1.13. The molecular weight excluding hydrogens is 401 g/mol. The van der Waals surface area contributed by atoms with E-state index in [1.165, 1.54) is 25.2 Å². The van der Waals surface area contributed by atoms with Crippen molar-refractivity contribution in [1.82, 2.24) is 0 Å². The highest BCUT2D eigenvalue weighted by atomic mass is 35.5. The third-order valence-electron chi connectivity index (χ3n) is 3.43. The second-order valence-corrected chi connectivity index (χ2v) is 6.27. The molecule has 0 bridgehead atoms. The summed E-state index contributed by atoms with van der Waals surface area (Å²) in [7, 11) is 2.46. The van der Waals surface area contributed by atoms with Crippen molar-refractivity contribution in [3.05, 3.63) is 70.0 Å². The van der Waals surface area contributed by atoms with Crippen LogP contribution in [0.1, 0.15) is 5.56 Å². The molecule has 0 saturated heterocycles. The molecular formula is C18H14Cl3NO4. The number of carbonyl (C=O) groups is 2. The third kappa shape index (κ3) is 4.30. The van der Waals surface area contributed by atoms with E-state index in [0.29, 0.717) is 11.3 Å². The summed E-state index contributed by atoms with van der Waals surface area (Å²) < 4.78 is 9.53. The number of rotatable bonds is 4. The van der Waals surface area contributed by atoms with Gasteiger partial charge in [-0.05, 0) is 29.8 Å². The second-order valence-electron chi connectivity index (χ2n) is 4.94. The first-order chi connectivity index (χ1) is 12.4. The molecule has 8 heteroatoms. The van der Waals surface area contributed by atoms with Crippen molar-refractivity contribution in [3.8, 4) is 0 Å². The number of hydrogen-bond acceptors (Lipinski definition) is 5. The summed E-state index contributed by atoms with van der Waals surface area (Å²) in [6.07, 6.45) is 6.36. The molecule has 0 spiro atoms. The largest absolute Gasteiger partial charge is 0.465 e. The van der Waals surface area contributed by atoms with Gasteiger partial charge in [0.25, 0.3) is 0 Å². The number of benzene rings is 1. The van der Waals surface area contributed by atoms with Gasteiger partial charge in [0.05, 0.1) is 24.8 Å². The SMILES string of the molecule is COC(=O)C1=C(C(=O)OC)N(c2cccc(C(Cl)=C(Cl)Cl)c2)C=CC=C1. The maximum atomic E-state index is 12.4. The Morgan fingerprint density at radius 3 is 2.31 bits per heavy atom. The van der Waals surface area contributed by atoms with Crippen molar-refractivity contribution in [2.45, 2.75) is 0 Å². The minimum atomic E-state index is -0.705. The van der Waals surface area contributed by atoms with Crippen molar-refractivity contribution in [1.29, 1.82) is 0 Å². The summed E-state index contributed by atoms with van der Waals surface area (Å²) in [4.78, 5) is 26.0. The van der Waals surface area contributed by atoms with Crippen molar-refractivity contribution in [2.75, 3.05) is 19.1 Å². The van der Waals surface area contributed by atoms with E-state index in [1.54, 1.807) is 42.6 Å². The van der Waals surface area contributed by atoms with Gasteiger partial charge >= 0.3 is 11.9 Å². The van der Waals surface area contributed by atoms with Crippen LogP contribution >= 0.6 is 34.8 Å². The van der Waals surface area contributed by atoms with Crippen LogP contribution in [-0.4, -0.2) is 26.2 Å². The van der Waals surface area contributed by atoms with Crippen LogP contribution in [0.15, 0.2) is 64.5 Å². The molecule has 0 saturated carbocycles.